The van der Waals surface area contributed by atoms with Crippen molar-refractivity contribution in [3.8, 4) is 0 Å². The Morgan fingerprint density at radius 1 is 1.03 bits per heavy atom. The Morgan fingerprint density at radius 2 is 1.68 bits per heavy atom. The maximum Gasteiger partial charge on any atom is 0.416 e. The molecule has 194 valence electrons. The standard InChI is InChI=1S/C25H21ClF4N4O2S/c26-20-10-6-18(7-11-20)23-22(17-4-2-1-3-5-17)16-34(32-23)24(31-15-14-27)33-37(35,36)21-12-8-19(9-13-21)25(28,29)30/h1-13,22H,14-16H2,(H,31,33). The highest BCUT2D eigenvalue weighted by atomic mass is 35.5. The van der Waals surface area contributed by atoms with Gasteiger partial charge in [0.15, 0.2) is 0 Å². The molecule has 1 atom stereocenters. The van der Waals surface area contributed by atoms with Gasteiger partial charge in [0.2, 0.25) is 5.96 Å². The van der Waals surface area contributed by atoms with Crippen LogP contribution >= 0.6 is 11.6 Å². The lowest BCUT2D eigenvalue weighted by molar-refractivity contribution is -0.137. The van der Waals surface area contributed by atoms with Crippen LogP contribution in [0.1, 0.15) is 22.6 Å². The summed E-state index contributed by atoms with van der Waals surface area (Å²) in [5.41, 5.74) is 1.29. The van der Waals surface area contributed by atoms with Crippen LogP contribution in [0.15, 0.2) is 93.9 Å². The van der Waals surface area contributed by atoms with Crippen molar-refractivity contribution in [1.82, 2.24) is 9.73 Å². The van der Waals surface area contributed by atoms with Crippen molar-refractivity contribution in [1.29, 1.82) is 0 Å². The minimum absolute atomic E-state index is 0.183. The van der Waals surface area contributed by atoms with E-state index >= 15 is 0 Å². The van der Waals surface area contributed by atoms with Crippen LogP contribution in [-0.4, -0.2) is 44.9 Å². The van der Waals surface area contributed by atoms with Crippen LogP contribution in [0.25, 0.3) is 0 Å². The second kappa shape index (κ2) is 10.9. The van der Waals surface area contributed by atoms with Gasteiger partial charge in [-0.05, 0) is 47.5 Å². The SMILES string of the molecule is O=S(=O)(NC(=NCCF)N1CC(c2ccccc2)C(c2ccc(Cl)cc2)=N1)c1ccc(C(F)(F)F)cc1. The Balaban J connectivity index is 1.68. The van der Waals surface area contributed by atoms with Gasteiger partial charge < -0.3 is 0 Å². The third-order valence-electron chi connectivity index (χ3n) is 5.56. The fraction of sp³-hybridized carbons (Fsp3) is 0.200. The van der Waals surface area contributed by atoms with Crippen LogP contribution in [0.2, 0.25) is 5.02 Å². The van der Waals surface area contributed by atoms with Gasteiger partial charge in [-0.15, -0.1) is 0 Å². The molecule has 0 saturated heterocycles. The van der Waals surface area contributed by atoms with Crippen molar-refractivity contribution in [3.05, 3.63) is 101 Å². The van der Waals surface area contributed by atoms with Gasteiger partial charge in [0, 0.05) is 10.9 Å². The average Bonchev–Trinajstić information content (AvgIpc) is 3.32. The zero-order valence-corrected chi connectivity index (χ0v) is 20.7. The molecule has 1 aliphatic heterocycles. The van der Waals surface area contributed by atoms with Crippen molar-refractivity contribution in [2.45, 2.75) is 17.0 Å². The highest BCUT2D eigenvalue weighted by molar-refractivity contribution is 7.90. The molecule has 1 unspecified atom stereocenters. The van der Waals surface area contributed by atoms with Crippen molar-refractivity contribution in [2.75, 3.05) is 19.8 Å². The molecule has 0 bridgehead atoms. The van der Waals surface area contributed by atoms with Crippen molar-refractivity contribution in [3.63, 3.8) is 0 Å². The Labute approximate surface area is 216 Å². The second-order valence-corrected chi connectivity index (χ2v) is 10.2. The first-order valence-electron chi connectivity index (χ1n) is 11.1. The van der Waals surface area contributed by atoms with Gasteiger partial charge >= 0.3 is 6.18 Å². The summed E-state index contributed by atoms with van der Waals surface area (Å²) in [7, 11) is -4.36. The first-order valence-corrected chi connectivity index (χ1v) is 12.9. The largest absolute Gasteiger partial charge is 0.416 e. The van der Waals surface area contributed by atoms with Gasteiger partial charge in [-0.2, -0.15) is 18.3 Å². The molecule has 1 N–H and O–H groups in total. The molecule has 12 heteroatoms. The van der Waals surface area contributed by atoms with E-state index in [1.54, 1.807) is 24.3 Å². The van der Waals surface area contributed by atoms with Crippen molar-refractivity contribution in [2.24, 2.45) is 10.1 Å². The number of halogens is 5. The van der Waals surface area contributed by atoms with E-state index in [1.807, 2.05) is 30.3 Å². The molecule has 0 fully saturated rings. The van der Waals surface area contributed by atoms with Crippen molar-refractivity contribution >= 4 is 33.3 Å². The van der Waals surface area contributed by atoms with E-state index < -0.39 is 33.3 Å². The third kappa shape index (κ3) is 6.28. The number of guanidine groups is 1. The molecule has 3 aromatic rings. The molecule has 37 heavy (non-hydrogen) atoms. The quantitative estimate of drug-likeness (QED) is 0.250. The lowest BCUT2D eigenvalue weighted by Gasteiger charge is -2.20. The van der Waals surface area contributed by atoms with E-state index in [1.165, 1.54) is 5.01 Å². The number of hydrazone groups is 1. The number of hydrogen-bond donors (Lipinski definition) is 1. The Morgan fingerprint density at radius 3 is 2.27 bits per heavy atom. The summed E-state index contributed by atoms with van der Waals surface area (Å²) in [5, 5.41) is 6.45. The topological polar surface area (TPSA) is 74.1 Å². The Bertz CT molecular complexity index is 1400. The first kappa shape index (κ1) is 26.6. The van der Waals surface area contributed by atoms with Crippen LogP contribution in [0.5, 0.6) is 0 Å². The highest BCUT2D eigenvalue weighted by Crippen LogP contribution is 2.31. The summed E-state index contributed by atoms with van der Waals surface area (Å²) >= 11 is 6.03. The number of sulfonamides is 1. The summed E-state index contributed by atoms with van der Waals surface area (Å²) in [5.74, 6) is -0.532. The minimum Gasteiger partial charge on any atom is -0.249 e. The molecule has 0 spiro atoms. The molecular formula is C25H21ClF4N4O2S. The maximum absolute atomic E-state index is 13.0. The Kier molecular flexibility index (Phi) is 7.84. The molecule has 4 rings (SSSR count). The number of aliphatic imine (C=N–C) groups is 1. The smallest absolute Gasteiger partial charge is 0.249 e. The molecule has 0 aliphatic carbocycles. The van der Waals surface area contributed by atoms with Crippen molar-refractivity contribution < 1.29 is 26.0 Å². The van der Waals surface area contributed by atoms with Gasteiger partial charge in [-0.1, -0.05) is 54.1 Å². The van der Waals surface area contributed by atoms with Gasteiger partial charge in [0.25, 0.3) is 10.0 Å². The monoisotopic (exact) mass is 552 g/mol. The van der Waals surface area contributed by atoms with Gasteiger partial charge in [0.1, 0.15) is 6.67 Å². The molecule has 0 amide bonds. The maximum atomic E-state index is 13.0. The fourth-order valence-corrected chi connectivity index (χ4v) is 4.93. The average molecular weight is 553 g/mol. The molecule has 0 aromatic heterocycles. The number of rotatable bonds is 6. The van der Waals surface area contributed by atoms with Crippen LogP contribution in [0.4, 0.5) is 17.6 Å². The van der Waals surface area contributed by atoms with Crippen LogP contribution in [0, 0.1) is 0 Å². The van der Waals surface area contributed by atoms with E-state index in [2.05, 4.69) is 14.8 Å². The number of alkyl halides is 4. The normalized spacial score (nSPS) is 16.6. The van der Waals surface area contributed by atoms with E-state index in [0.717, 1.165) is 23.3 Å². The molecular weight excluding hydrogens is 532 g/mol. The summed E-state index contributed by atoms with van der Waals surface area (Å²) in [6.07, 6.45) is -4.61. The van der Waals surface area contributed by atoms with Gasteiger partial charge in [-0.25, -0.2) is 27.5 Å². The first-order chi connectivity index (χ1) is 17.6. The van der Waals surface area contributed by atoms with Crippen LogP contribution < -0.4 is 4.72 Å². The molecule has 3 aromatic carbocycles. The molecule has 1 aliphatic rings. The molecule has 0 radical (unpaired) electrons. The third-order valence-corrected chi connectivity index (χ3v) is 7.16. The molecule has 6 nitrogen and oxygen atoms in total. The van der Waals surface area contributed by atoms with E-state index in [9.17, 15) is 26.0 Å². The predicted molar refractivity (Wildman–Crippen MR) is 134 cm³/mol. The lowest BCUT2D eigenvalue weighted by Crippen LogP contribution is -2.41. The fourth-order valence-electron chi connectivity index (χ4n) is 3.78. The van der Waals surface area contributed by atoms with Gasteiger partial charge in [-0.3, -0.25) is 0 Å². The van der Waals surface area contributed by atoms with Crippen LogP contribution in [0.3, 0.4) is 0 Å². The van der Waals surface area contributed by atoms with E-state index in [4.69, 9.17) is 11.6 Å². The van der Waals surface area contributed by atoms with Crippen LogP contribution in [-0.2, 0) is 16.2 Å². The number of nitrogens with one attached hydrogen (secondary N) is 1. The van der Waals surface area contributed by atoms with E-state index in [0.29, 0.717) is 22.9 Å². The minimum atomic E-state index is -4.61. The summed E-state index contributed by atoms with van der Waals surface area (Å²) in [6.45, 7) is -1.01. The summed E-state index contributed by atoms with van der Waals surface area (Å²) in [6, 6.07) is 19.4. The lowest BCUT2D eigenvalue weighted by atomic mass is 9.91. The molecule has 1 heterocycles. The summed E-state index contributed by atoms with van der Waals surface area (Å²) < 4.78 is 80.0. The zero-order valence-electron chi connectivity index (χ0n) is 19.2. The number of benzene rings is 3. The number of nitrogens with zero attached hydrogens (tertiary/aromatic N) is 3. The predicted octanol–water partition coefficient (Wildman–Crippen LogP) is 5.47. The van der Waals surface area contributed by atoms with Gasteiger partial charge in [0.05, 0.1) is 29.3 Å². The number of hydrogen-bond acceptors (Lipinski definition) is 4. The van der Waals surface area contributed by atoms with E-state index in [-0.39, 0.29) is 25.0 Å². The highest BCUT2D eigenvalue weighted by Gasteiger charge is 2.34. The second-order valence-electron chi connectivity index (χ2n) is 8.06. The Hall–Kier alpha value is -3.44. The zero-order chi connectivity index (χ0) is 26.6. The molecule has 0 saturated carbocycles. The summed E-state index contributed by atoms with van der Waals surface area (Å²) in [4.78, 5) is 3.62.